The fourth-order valence-electron chi connectivity index (χ4n) is 2.07. The maximum absolute atomic E-state index is 13.0. The van der Waals surface area contributed by atoms with Crippen molar-refractivity contribution in [3.8, 4) is 16.9 Å². The van der Waals surface area contributed by atoms with E-state index in [9.17, 15) is 14.3 Å². The van der Waals surface area contributed by atoms with E-state index in [1.54, 1.807) is 36.7 Å². The number of aromatic carboxylic acids is 1. The van der Waals surface area contributed by atoms with Crippen LogP contribution in [-0.4, -0.2) is 25.8 Å². The molecule has 5 nitrogen and oxygen atoms in total. The molecule has 1 aromatic carbocycles. The normalized spacial score (nSPS) is 10.5. The maximum atomic E-state index is 13.0. The molecule has 0 radical (unpaired) electrons. The number of hydrogen-bond acceptors (Lipinski definition) is 3. The number of carboxylic acids is 1. The van der Waals surface area contributed by atoms with Gasteiger partial charge in [-0.1, -0.05) is 0 Å². The molecular formula is C15H10FN3O2. The van der Waals surface area contributed by atoms with Gasteiger partial charge in [0.25, 0.3) is 0 Å². The van der Waals surface area contributed by atoms with E-state index >= 15 is 0 Å². The lowest BCUT2D eigenvalue weighted by Gasteiger charge is -2.08. The van der Waals surface area contributed by atoms with Crippen molar-refractivity contribution >= 4 is 5.97 Å². The van der Waals surface area contributed by atoms with E-state index in [1.807, 2.05) is 0 Å². The highest BCUT2D eigenvalue weighted by Crippen LogP contribution is 2.26. The lowest BCUT2D eigenvalue weighted by atomic mass is 10.1. The molecule has 21 heavy (non-hydrogen) atoms. The Balaban J connectivity index is 2.22. The Hall–Kier alpha value is -3.02. The number of carboxylic acid groups (broad SMARTS) is 1. The fraction of sp³-hybridized carbons (Fsp3) is 0. The lowest BCUT2D eigenvalue weighted by Crippen LogP contribution is -2.03. The Morgan fingerprint density at radius 2 is 1.76 bits per heavy atom. The van der Waals surface area contributed by atoms with Gasteiger partial charge in [-0.3, -0.25) is 4.98 Å². The molecule has 0 amide bonds. The third-order valence-corrected chi connectivity index (χ3v) is 3.02. The van der Waals surface area contributed by atoms with Crippen LogP contribution in [-0.2, 0) is 0 Å². The average Bonchev–Trinajstić information content (AvgIpc) is 2.94. The molecule has 3 aromatic rings. The van der Waals surface area contributed by atoms with Crippen molar-refractivity contribution < 1.29 is 14.3 Å². The van der Waals surface area contributed by atoms with Crippen LogP contribution in [0.2, 0.25) is 0 Å². The summed E-state index contributed by atoms with van der Waals surface area (Å²) in [6.07, 6.45) is 4.42. The van der Waals surface area contributed by atoms with Gasteiger partial charge in [0.15, 0.2) is 0 Å². The molecule has 1 N–H and O–H groups in total. The zero-order valence-electron chi connectivity index (χ0n) is 10.8. The quantitative estimate of drug-likeness (QED) is 0.802. The van der Waals surface area contributed by atoms with Gasteiger partial charge >= 0.3 is 5.97 Å². The molecule has 0 saturated heterocycles. The highest BCUT2D eigenvalue weighted by atomic mass is 19.1. The first-order valence-electron chi connectivity index (χ1n) is 6.14. The third kappa shape index (κ3) is 2.38. The second-order valence-corrected chi connectivity index (χ2v) is 4.34. The summed E-state index contributed by atoms with van der Waals surface area (Å²) in [6, 6.07) is 9.08. The Kier molecular flexibility index (Phi) is 3.19. The highest BCUT2D eigenvalue weighted by molar-refractivity contribution is 5.95. The van der Waals surface area contributed by atoms with Crippen molar-refractivity contribution in [3.05, 3.63) is 66.4 Å². The number of aromatic nitrogens is 3. The summed E-state index contributed by atoms with van der Waals surface area (Å²) in [5.74, 6) is -1.44. The number of rotatable bonds is 3. The van der Waals surface area contributed by atoms with E-state index in [2.05, 4.69) is 10.1 Å². The third-order valence-electron chi connectivity index (χ3n) is 3.02. The molecule has 104 valence electrons. The van der Waals surface area contributed by atoms with E-state index in [4.69, 9.17) is 0 Å². The van der Waals surface area contributed by atoms with Crippen LogP contribution in [0.25, 0.3) is 16.9 Å². The van der Waals surface area contributed by atoms with Crippen LogP contribution in [0.4, 0.5) is 4.39 Å². The van der Waals surface area contributed by atoms with Gasteiger partial charge in [-0.2, -0.15) is 5.10 Å². The van der Waals surface area contributed by atoms with Crippen LogP contribution in [0.5, 0.6) is 0 Å². The van der Waals surface area contributed by atoms with Crippen molar-refractivity contribution in [2.45, 2.75) is 0 Å². The largest absolute Gasteiger partial charge is 0.478 e. The van der Waals surface area contributed by atoms with Crippen molar-refractivity contribution in [1.29, 1.82) is 0 Å². The minimum absolute atomic E-state index is 0.0746. The first kappa shape index (κ1) is 13.0. The summed E-state index contributed by atoms with van der Waals surface area (Å²) in [5.41, 5.74) is 1.75. The smallest absolute Gasteiger partial charge is 0.339 e. The standard InChI is InChI=1S/C15H10FN3O2/c16-11-1-3-12(4-2-11)19-14(10-5-7-17-8-6-10)13(9-18-19)15(20)21/h1-9H,(H,20,21). The molecule has 0 unspecified atom stereocenters. The van der Waals surface area contributed by atoms with Crippen molar-refractivity contribution in [2.75, 3.05) is 0 Å². The van der Waals surface area contributed by atoms with Crippen LogP contribution in [0.3, 0.4) is 0 Å². The number of carbonyl (C=O) groups is 1. The average molecular weight is 283 g/mol. The molecule has 3 rings (SSSR count). The minimum atomic E-state index is -1.07. The van der Waals surface area contributed by atoms with E-state index < -0.39 is 5.97 Å². The van der Waals surface area contributed by atoms with E-state index in [0.717, 1.165) is 0 Å². The second kappa shape index (κ2) is 5.16. The van der Waals surface area contributed by atoms with Gasteiger partial charge < -0.3 is 5.11 Å². The Morgan fingerprint density at radius 3 is 2.38 bits per heavy atom. The lowest BCUT2D eigenvalue weighted by molar-refractivity contribution is 0.0697. The molecule has 0 fully saturated rings. The van der Waals surface area contributed by atoms with E-state index in [1.165, 1.54) is 23.0 Å². The summed E-state index contributed by atoms with van der Waals surface area (Å²) in [7, 11) is 0. The van der Waals surface area contributed by atoms with E-state index in [-0.39, 0.29) is 11.4 Å². The topological polar surface area (TPSA) is 68.0 Å². The molecule has 6 heteroatoms. The first-order valence-corrected chi connectivity index (χ1v) is 6.14. The molecule has 0 saturated carbocycles. The predicted octanol–water partition coefficient (Wildman–Crippen LogP) is 2.77. The van der Waals surface area contributed by atoms with Crippen molar-refractivity contribution in [2.24, 2.45) is 0 Å². The number of halogens is 1. The monoisotopic (exact) mass is 283 g/mol. The zero-order valence-corrected chi connectivity index (χ0v) is 10.8. The van der Waals surface area contributed by atoms with Crippen molar-refractivity contribution in [3.63, 3.8) is 0 Å². The van der Waals surface area contributed by atoms with Gasteiger partial charge in [0, 0.05) is 18.0 Å². The van der Waals surface area contributed by atoms with Crippen LogP contribution < -0.4 is 0 Å². The number of nitrogens with zero attached hydrogens (tertiary/aromatic N) is 3. The minimum Gasteiger partial charge on any atom is -0.478 e. The molecule has 2 heterocycles. The fourth-order valence-corrected chi connectivity index (χ4v) is 2.07. The van der Waals surface area contributed by atoms with Crippen molar-refractivity contribution in [1.82, 2.24) is 14.8 Å². The SMILES string of the molecule is O=C(O)c1cnn(-c2ccc(F)cc2)c1-c1ccncc1. The van der Waals surface area contributed by atoms with Crippen LogP contribution in [0.1, 0.15) is 10.4 Å². The Bertz CT molecular complexity index is 782. The molecule has 0 aliphatic heterocycles. The number of hydrogen-bond donors (Lipinski definition) is 1. The summed E-state index contributed by atoms with van der Waals surface area (Å²) in [4.78, 5) is 15.3. The Morgan fingerprint density at radius 1 is 1.10 bits per heavy atom. The van der Waals surface area contributed by atoms with Crippen LogP contribution in [0.15, 0.2) is 55.0 Å². The van der Waals surface area contributed by atoms with E-state index in [0.29, 0.717) is 16.9 Å². The molecule has 0 bridgehead atoms. The predicted molar refractivity (Wildman–Crippen MR) is 73.7 cm³/mol. The second-order valence-electron chi connectivity index (χ2n) is 4.34. The molecule has 0 aliphatic rings. The van der Waals surface area contributed by atoms with Gasteiger partial charge in [0.05, 0.1) is 17.6 Å². The van der Waals surface area contributed by atoms with Gasteiger partial charge in [-0.05, 0) is 36.4 Å². The summed E-state index contributed by atoms with van der Waals surface area (Å²) < 4.78 is 14.5. The van der Waals surface area contributed by atoms with Gasteiger partial charge in [-0.15, -0.1) is 0 Å². The maximum Gasteiger partial charge on any atom is 0.339 e. The summed E-state index contributed by atoms with van der Waals surface area (Å²) >= 11 is 0. The molecule has 0 aliphatic carbocycles. The molecule has 2 aromatic heterocycles. The van der Waals surface area contributed by atoms with Crippen LogP contribution >= 0.6 is 0 Å². The molecule has 0 spiro atoms. The Labute approximate surface area is 119 Å². The first-order chi connectivity index (χ1) is 10.2. The summed E-state index contributed by atoms with van der Waals surface area (Å²) in [5, 5.41) is 13.4. The number of pyridine rings is 1. The van der Waals surface area contributed by atoms with Crippen LogP contribution in [0, 0.1) is 5.82 Å². The summed E-state index contributed by atoms with van der Waals surface area (Å²) in [6.45, 7) is 0. The zero-order chi connectivity index (χ0) is 14.8. The van der Waals surface area contributed by atoms with Gasteiger partial charge in [0.2, 0.25) is 0 Å². The highest BCUT2D eigenvalue weighted by Gasteiger charge is 2.19. The van der Waals surface area contributed by atoms with Gasteiger partial charge in [-0.25, -0.2) is 13.9 Å². The molecule has 0 atom stereocenters. The number of benzene rings is 1. The van der Waals surface area contributed by atoms with Gasteiger partial charge in [0.1, 0.15) is 11.4 Å². The molecular weight excluding hydrogens is 273 g/mol.